The van der Waals surface area contributed by atoms with Crippen molar-refractivity contribution in [3.8, 4) is 10.6 Å². The van der Waals surface area contributed by atoms with Crippen LogP contribution < -0.4 is 4.90 Å². The van der Waals surface area contributed by atoms with Gasteiger partial charge in [0.25, 0.3) is 0 Å². The number of hydrogen-bond acceptors (Lipinski definition) is 6. The van der Waals surface area contributed by atoms with Crippen LogP contribution >= 0.6 is 11.3 Å². The summed E-state index contributed by atoms with van der Waals surface area (Å²) in [6.45, 7) is 1.83. The van der Waals surface area contributed by atoms with Crippen LogP contribution in [-0.2, 0) is 14.6 Å². The molecule has 0 aliphatic carbocycles. The van der Waals surface area contributed by atoms with E-state index in [9.17, 15) is 13.2 Å². The topological polar surface area (TPSA) is 80.2 Å². The monoisotopic (exact) mass is 339 g/mol. The van der Waals surface area contributed by atoms with Gasteiger partial charge in [0.05, 0.1) is 11.4 Å². The number of aromatic nitrogens is 2. The predicted molar refractivity (Wildman–Crippen MR) is 87.8 cm³/mol. The number of thiazole rings is 1. The Morgan fingerprint density at radius 2 is 2.14 bits per heavy atom. The minimum atomic E-state index is -3.15. The first-order valence-corrected chi connectivity index (χ1v) is 9.48. The molecule has 0 saturated heterocycles. The lowest BCUT2D eigenvalue weighted by Crippen LogP contribution is -2.27. The minimum absolute atomic E-state index is 0.0328. The maximum atomic E-state index is 12.1. The summed E-state index contributed by atoms with van der Waals surface area (Å²) >= 11 is 1.39. The first-order chi connectivity index (χ1) is 10.3. The molecule has 2 aromatic rings. The van der Waals surface area contributed by atoms with Crippen LogP contribution in [0.15, 0.2) is 24.5 Å². The number of carbonyl (C=O) groups is 1. The Morgan fingerprint density at radius 1 is 1.41 bits per heavy atom. The number of sulfone groups is 1. The summed E-state index contributed by atoms with van der Waals surface area (Å²) in [7, 11) is -1.51. The van der Waals surface area contributed by atoms with Crippen molar-refractivity contribution < 1.29 is 13.2 Å². The van der Waals surface area contributed by atoms with Crippen molar-refractivity contribution in [2.45, 2.75) is 13.3 Å². The fraction of sp³-hybridized carbons (Fsp3) is 0.357. The Labute approximate surface area is 133 Å². The molecule has 0 aromatic carbocycles. The molecule has 0 unspecified atom stereocenters. The summed E-state index contributed by atoms with van der Waals surface area (Å²) in [5, 5.41) is 1.50. The van der Waals surface area contributed by atoms with Gasteiger partial charge in [0.15, 0.2) is 0 Å². The summed E-state index contributed by atoms with van der Waals surface area (Å²) < 4.78 is 22.3. The van der Waals surface area contributed by atoms with E-state index in [1.807, 2.05) is 19.1 Å². The second kappa shape index (κ2) is 6.53. The van der Waals surface area contributed by atoms with E-state index in [4.69, 9.17) is 0 Å². The van der Waals surface area contributed by atoms with Crippen LogP contribution in [0.25, 0.3) is 10.6 Å². The van der Waals surface area contributed by atoms with Gasteiger partial charge < -0.3 is 4.90 Å². The molecule has 0 N–H and O–H groups in total. The van der Waals surface area contributed by atoms with E-state index >= 15 is 0 Å². The van der Waals surface area contributed by atoms with Crippen molar-refractivity contribution in [1.82, 2.24) is 9.97 Å². The summed E-state index contributed by atoms with van der Waals surface area (Å²) in [6, 6.07) is 3.73. The normalized spacial score (nSPS) is 11.4. The van der Waals surface area contributed by atoms with E-state index in [0.717, 1.165) is 27.5 Å². The number of carbonyl (C=O) groups excluding carboxylic acids is 1. The Balaban J connectivity index is 2.19. The zero-order chi connectivity index (χ0) is 16.3. The Bertz CT molecular complexity index is 770. The predicted octanol–water partition coefficient (Wildman–Crippen LogP) is 1.91. The van der Waals surface area contributed by atoms with E-state index < -0.39 is 9.84 Å². The molecule has 0 bridgehead atoms. The summed E-state index contributed by atoms with van der Waals surface area (Å²) in [5.41, 5.74) is 1.62. The third-order valence-electron chi connectivity index (χ3n) is 3.05. The zero-order valence-corrected chi connectivity index (χ0v) is 14.2. The molecule has 118 valence electrons. The molecule has 0 radical (unpaired) electrons. The second-order valence-electron chi connectivity index (χ2n) is 4.98. The van der Waals surface area contributed by atoms with Gasteiger partial charge in [-0.2, -0.15) is 0 Å². The van der Waals surface area contributed by atoms with Crippen LogP contribution in [0.2, 0.25) is 0 Å². The molecule has 22 heavy (non-hydrogen) atoms. The highest BCUT2D eigenvalue weighted by Crippen LogP contribution is 2.33. The van der Waals surface area contributed by atoms with Gasteiger partial charge in [-0.3, -0.25) is 9.78 Å². The van der Waals surface area contributed by atoms with Crippen molar-refractivity contribution in [2.24, 2.45) is 0 Å². The fourth-order valence-corrected chi connectivity index (χ4v) is 3.45. The molecule has 0 fully saturated rings. The van der Waals surface area contributed by atoms with Gasteiger partial charge in [-0.15, -0.1) is 0 Å². The number of aryl methyl sites for hydroxylation is 1. The Hall–Kier alpha value is -1.80. The largest absolute Gasteiger partial charge is 0.305 e. The van der Waals surface area contributed by atoms with Crippen LogP contribution in [0.3, 0.4) is 0 Å². The van der Waals surface area contributed by atoms with E-state index in [-0.39, 0.29) is 18.1 Å². The molecular weight excluding hydrogens is 322 g/mol. The molecule has 0 aliphatic heterocycles. The first kappa shape index (κ1) is 16.6. The molecule has 8 heteroatoms. The van der Waals surface area contributed by atoms with Gasteiger partial charge in [0, 0.05) is 37.7 Å². The lowest BCUT2D eigenvalue weighted by Gasteiger charge is -2.15. The molecule has 0 saturated carbocycles. The molecule has 0 aliphatic rings. The molecule has 1 amide bonds. The van der Waals surface area contributed by atoms with Gasteiger partial charge in [0.2, 0.25) is 5.91 Å². The van der Waals surface area contributed by atoms with Crippen LogP contribution in [-0.4, -0.2) is 43.3 Å². The van der Waals surface area contributed by atoms with Crippen molar-refractivity contribution in [1.29, 1.82) is 0 Å². The van der Waals surface area contributed by atoms with Crippen molar-refractivity contribution >= 4 is 32.1 Å². The number of anilines is 1. The number of amides is 1. The Morgan fingerprint density at radius 3 is 2.73 bits per heavy atom. The highest BCUT2D eigenvalue weighted by atomic mass is 32.2. The molecule has 6 nitrogen and oxygen atoms in total. The first-order valence-electron chi connectivity index (χ1n) is 6.60. The summed E-state index contributed by atoms with van der Waals surface area (Å²) in [6.07, 6.45) is 4.49. The van der Waals surface area contributed by atoms with E-state index in [1.165, 1.54) is 16.2 Å². The van der Waals surface area contributed by atoms with Gasteiger partial charge >= 0.3 is 0 Å². The van der Waals surface area contributed by atoms with Crippen LogP contribution in [0.4, 0.5) is 5.00 Å². The molecular formula is C14H17N3O3S2. The third kappa shape index (κ3) is 4.11. The van der Waals surface area contributed by atoms with Gasteiger partial charge in [-0.25, -0.2) is 13.4 Å². The summed E-state index contributed by atoms with van der Waals surface area (Å²) in [4.78, 5) is 22.1. The highest BCUT2D eigenvalue weighted by Gasteiger charge is 2.19. The van der Waals surface area contributed by atoms with Crippen molar-refractivity contribution in [2.75, 3.05) is 24.0 Å². The van der Waals surface area contributed by atoms with Gasteiger partial charge in [0.1, 0.15) is 19.8 Å². The van der Waals surface area contributed by atoms with Crippen molar-refractivity contribution in [3.63, 3.8) is 0 Å². The molecule has 0 spiro atoms. The standard InChI is InChI=1S/C14H17N3O3S2/c1-10-14(17(2)12(18)6-8-22(3,19)20)21-13(16-10)11-5-4-7-15-9-11/h4-5,7,9H,6,8H2,1-3H3. The molecule has 0 atom stereocenters. The smallest absolute Gasteiger partial charge is 0.228 e. The highest BCUT2D eigenvalue weighted by molar-refractivity contribution is 7.90. The maximum absolute atomic E-state index is 12.1. The maximum Gasteiger partial charge on any atom is 0.228 e. The molecule has 2 aromatic heterocycles. The average molecular weight is 339 g/mol. The summed E-state index contributed by atoms with van der Waals surface area (Å²) in [5.74, 6) is -0.390. The second-order valence-corrected chi connectivity index (χ2v) is 8.22. The fourth-order valence-electron chi connectivity index (χ4n) is 1.87. The lowest BCUT2D eigenvalue weighted by atomic mass is 10.3. The third-order valence-corrected chi connectivity index (χ3v) is 5.27. The quantitative estimate of drug-likeness (QED) is 0.831. The van der Waals surface area contributed by atoms with E-state index in [1.54, 1.807) is 19.4 Å². The SMILES string of the molecule is Cc1nc(-c2cccnc2)sc1N(C)C(=O)CCS(C)(=O)=O. The van der Waals surface area contributed by atoms with Gasteiger partial charge in [-0.05, 0) is 19.1 Å². The van der Waals surface area contributed by atoms with Gasteiger partial charge in [-0.1, -0.05) is 11.3 Å². The van der Waals surface area contributed by atoms with Crippen LogP contribution in [0.1, 0.15) is 12.1 Å². The van der Waals surface area contributed by atoms with Crippen LogP contribution in [0, 0.1) is 6.92 Å². The van der Waals surface area contributed by atoms with Crippen molar-refractivity contribution in [3.05, 3.63) is 30.2 Å². The zero-order valence-electron chi connectivity index (χ0n) is 12.6. The van der Waals surface area contributed by atoms with E-state index in [2.05, 4.69) is 9.97 Å². The number of rotatable bonds is 5. The minimum Gasteiger partial charge on any atom is -0.305 e. The number of nitrogens with zero attached hydrogens (tertiary/aromatic N) is 3. The average Bonchev–Trinajstić information content (AvgIpc) is 2.86. The number of pyridine rings is 1. The van der Waals surface area contributed by atoms with E-state index in [0.29, 0.717) is 0 Å². The Kier molecular flexibility index (Phi) is 4.92. The number of hydrogen-bond donors (Lipinski definition) is 0. The lowest BCUT2D eigenvalue weighted by molar-refractivity contribution is -0.117. The molecule has 2 heterocycles. The van der Waals surface area contributed by atoms with Crippen LogP contribution in [0.5, 0.6) is 0 Å². The molecule has 2 rings (SSSR count).